The molecule has 0 aromatic heterocycles. The summed E-state index contributed by atoms with van der Waals surface area (Å²) in [7, 11) is 0. The molecule has 0 spiro atoms. The molecule has 0 unspecified atom stereocenters. The molecule has 0 heterocycles. The monoisotopic (exact) mass is 288 g/mol. The van der Waals surface area contributed by atoms with Crippen molar-refractivity contribution in [3.63, 3.8) is 0 Å². The molecule has 0 saturated heterocycles. The Morgan fingerprint density at radius 2 is 1.86 bits per heavy atom. The summed E-state index contributed by atoms with van der Waals surface area (Å²) in [6.45, 7) is 4.88. The second-order valence-corrected chi connectivity index (χ2v) is 6.26. The summed E-state index contributed by atoms with van der Waals surface area (Å²) in [4.78, 5) is 12.0. The average molecular weight is 288 g/mol. The first-order chi connectivity index (χ1) is 10.1. The van der Waals surface area contributed by atoms with Crippen LogP contribution in [0.4, 0.5) is 5.69 Å². The Hall–Kier alpha value is -1.35. The number of carbonyl (C=O) groups excluding carboxylic acids is 1. The van der Waals surface area contributed by atoms with Crippen LogP contribution in [0.3, 0.4) is 0 Å². The Labute approximate surface area is 128 Å². The lowest BCUT2D eigenvalue weighted by molar-refractivity contribution is -0.116. The molecule has 1 fully saturated rings. The number of aryl methyl sites for hydroxylation is 2. The van der Waals surface area contributed by atoms with Gasteiger partial charge in [-0.1, -0.05) is 43.4 Å². The number of benzene rings is 1. The Kier molecular flexibility index (Phi) is 6.24. The van der Waals surface area contributed by atoms with Gasteiger partial charge in [0.25, 0.3) is 0 Å². The second-order valence-electron chi connectivity index (χ2n) is 6.26. The minimum Gasteiger partial charge on any atom is -0.326 e. The van der Waals surface area contributed by atoms with Crippen molar-refractivity contribution in [2.75, 3.05) is 11.9 Å². The molecule has 1 saturated carbocycles. The van der Waals surface area contributed by atoms with Gasteiger partial charge in [0.2, 0.25) is 5.91 Å². The average Bonchev–Trinajstić information content (AvgIpc) is 2.71. The molecule has 21 heavy (non-hydrogen) atoms. The lowest BCUT2D eigenvalue weighted by Crippen LogP contribution is -2.31. The van der Waals surface area contributed by atoms with Crippen LogP contribution in [0.5, 0.6) is 0 Å². The summed E-state index contributed by atoms with van der Waals surface area (Å²) in [5.74, 6) is 0.100. The lowest BCUT2D eigenvalue weighted by Gasteiger charge is -2.16. The number of rotatable bonds is 5. The van der Waals surface area contributed by atoms with E-state index in [2.05, 4.69) is 23.6 Å². The van der Waals surface area contributed by atoms with Crippen molar-refractivity contribution < 1.29 is 4.79 Å². The van der Waals surface area contributed by atoms with Crippen LogP contribution in [0.25, 0.3) is 0 Å². The number of carbonyl (C=O) groups is 1. The normalized spacial score (nSPS) is 16.5. The molecule has 0 aliphatic heterocycles. The highest BCUT2D eigenvalue weighted by atomic mass is 16.1. The van der Waals surface area contributed by atoms with Crippen LogP contribution in [0, 0.1) is 13.8 Å². The van der Waals surface area contributed by atoms with Gasteiger partial charge in [0.1, 0.15) is 0 Å². The van der Waals surface area contributed by atoms with Crippen molar-refractivity contribution in [3.8, 4) is 0 Å². The van der Waals surface area contributed by atoms with Crippen LogP contribution >= 0.6 is 0 Å². The van der Waals surface area contributed by atoms with Crippen LogP contribution in [0.2, 0.25) is 0 Å². The summed E-state index contributed by atoms with van der Waals surface area (Å²) in [6, 6.07) is 6.73. The SMILES string of the molecule is Cc1ccc(NC(=O)CCNC2CCCCCC2)c(C)c1. The van der Waals surface area contributed by atoms with E-state index in [1.807, 2.05) is 19.1 Å². The van der Waals surface area contributed by atoms with Crippen LogP contribution in [-0.4, -0.2) is 18.5 Å². The molecular weight excluding hydrogens is 260 g/mol. The highest BCUT2D eigenvalue weighted by Gasteiger charge is 2.12. The number of anilines is 1. The molecule has 3 nitrogen and oxygen atoms in total. The van der Waals surface area contributed by atoms with Crippen molar-refractivity contribution in [2.45, 2.75) is 64.8 Å². The topological polar surface area (TPSA) is 41.1 Å². The van der Waals surface area contributed by atoms with Crippen molar-refractivity contribution >= 4 is 11.6 Å². The van der Waals surface area contributed by atoms with Crippen molar-refractivity contribution in [2.24, 2.45) is 0 Å². The van der Waals surface area contributed by atoms with E-state index in [1.165, 1.54) is 44.1 Å². The standard InChI is InChI=1S/C18H28N2O/c1-14-9-10-17(15(2)13-14)20-18(21)11-12-19-16-7-5-3-4-6-8-16/h9-10,13,16,19H,3-8,11-12H2,1-2H3,(H,20,21). The fourth-order valence-corrected chi connectivity index (χ4v) is 3.04. The molecule has 1 aliphatic carbocycles. The van der Waals surface area contributed by atoms with Crippen molar-refractivity contribution in [1.82, 2.24) is 5.32 Å². The summed E-state index contributed by atoms with van der Waals surface area (Å²) in [5, 5.41) is 6.55. The van der Waals surface area contributed by atoms with E-state index in [1.54, 1.807) is 0 Å². The van der Waals surface area contributed by atoms with Gasteiger partial charge in [-0.2, -0.15) is 0 Å². The van der Waals surface area contributed by atoms with E-state index in [9.17, 15) is 4.79 Å². The molecule has 1 aromatic rings. The summed E-state index contributed by atoms with van der Waals surface area (Å²) < 4.78 is 0. The molecule has 2 rings (SSSR count). The zero-order valence-corrected chi connectivity index (χ0v) is 13.4. The van der Waals surface area contributed by atoms with Crippen LogP contribution in [0.15, 0.2) is 18.2 Å². The van der Waals surface area contributed by atoms with E-state index < -0.39 is 0 Å². The maximum absolute atomic E-state index is 12.0. The molecule has 0 bridgehead atoms. The van der Waals surface area contributed by atoms with E-state index in [0.717, 1.165) is 17.8 Å². The van der Waals surface area contributed by atoms with Gasteiger partial charge in [0.05, 0.1) is 0 Å². The highest BCUT2D eigenvalue weighted by molar-refractivity contribution is 5.91. The zero-order chi connectivity index (χ0) is 15.1. The lowest BCUT2D eigenvalue weighted by atomic mass is 10.1. The Bertz CT molecular complexity index is 462. The predicted octanol–water partition coefficient (Wildman–Crippen LogP) is 3.94. The van der Waals surface area contributed by atoms with E-state index >= 15 is 0 Å². The summed E-state index contributed by atoms with van der Waals surface area (Å²) >= 11 is 0. The van der Waals surface area contributed by atoms with Crippen LogP contribution in [-0.2, 0) is 4.79 Å². The summed E-state index contributed by atoms with van der Waals surface area (Å²) in [5.41, 5.74) is 3.28. The van der Waals surface area contributed by atoms with Crippen molar-refractivity contribution in [1.29, 1.82) is 0 Å². The van der Waals surface area contributed by atoms with Gasteiger partial charge in [0.15, 0.2) is 0 Å². The van der Waals surface area contributed by atoms with Gasteiger partial charge in [-0.3, -0.25) is 4.79 Å². The highest BCUT2D eigenvalue weighted by Crippen LogP contribution is 2.18. The third-order valence-electron chi connectivity index (χ3n) is 4.30. The van der Waals surface area contributed by atoms with Gasteiger partial charge < -0.3 is 10.6 Å². The third kappa shape index (κ3) is 5.50. The van der Waals surface area contributed by atoms with Gasteiger partial charge >= 0.3 is 0 Å². The Balaban J connectivity index is 1.71. The molecule has 116 valence electrons. The minimum absolute atomic E-state index is 0.100. The molecule has 1 aromatic carbocycles. The van der Waals surface area contributed by atoms with E-state index in [4.69, 9.17) is 0 Å². The molecule has 3 heteroatoms. The first kappa shape index (κ1) is 16.0. The van der Waals surface area contributed by atoms with Crippen LogP contribution in [0.1, 0.15) is 56.1 Å². The van der Waals surface area contributed by atoms with Gasteiger partial charge in [-0.05, 0) is 38.3 Å². The number of hydrogen-bond acceptors (Lipinski definition) is 2. The van der Waals surface area contributed by atoms with Gasteiger partial charge in [-0.25, -0.2) is 0 Å². The van der Waals surface area contributed by atoms with E-state index in [0.29, 0.717) is 12.5 Å². The Morgan fingerprint density at radius 3 is 2.52 bits per heavy atom. The molecule has 0 atom stereocenters. The van der Waals surface area contributed by atoms with Crippen molar-refractivity contribution in [3.05, 3.63) is 29.3 Å². The number of amides is 1. The number of nitrogens with one attached hydrogen (secondary N) is 2. The predicted molar refractivity (Wildman–Crippen MR) is 88.7 cm³/mol. The quantitative estimate of drug-likeness (QED) is 0.806. The third-order valence-corrected chi connectivity index (χ3v) is 4.30. The first-order valence-electron chi connectivity index (χ1n) is 8.25. The van der Waals surface area contributed by atoms with Gasteiger partial charge in [0, 0.05) is 24.7 Å². The molecule has 2 N–H and O–H groups in total. The summed E-state index contributed by atoms with van der Waals surface area (Å²) in [6.07, 6.45) is 8.46. The first-order valence-corrected chi connectivity index (χ1v) is 8.25. The molecule has 1 amide bonds. The smallest absolute Gasteiger partial charge is 0.225 e. The Morgan fingerprint density at radius 1 is 1.14 bits per heavy atom. The fourth-order valence-electron chi connectivity index (χ4n) is 3.04. The zero-order valence-electron chi connectivity index (χ0n) is 13.4. The largest absolute Gasteiger partial charge is 0.326 e. The van der Waals surface area contributed by atoms with Crippen LogP contribution < -0.4 is 10.6 Å². The molecular formula is C18H28N2O. The maximum atomic E-state index is 12.0. The molecule has 0 radical (unpaired) electrons. The fraction of sp³-hybridized carbons (Fsp3) is 0.611. The second kappa shape index (κ2) is 8.18. The number of hydrogen-bond donors (Lipinski definition) is 2. The molecule has 1 aliphatic rings. The van der Waals surface area contributed by atoms with Gasteiger partial charge in [-0.15, -0.1) is 0 Å². The maximum Gasteiger partial charge on any atom is 0.225 e. The minimum atomic E-state index is 0.100. The van der Waals surface area contributed by atoms with E-state index in [-0.39, 0.29) is 5.91 Å².